The van der Waals surface area contributed by atoms with Gasteiger partial charge >= 0.3 is 0 Å². The second-order valence-electron chi connectivity index (χ2n) is 4.15. The Labute approximate surface area is 86.9 Å². The molecule has 1 N–H and O–H groups in total. The summed E-state index contributed by atoms with van der Waals surface area (Å²) in [6.45, 7) is 0. The van der Waals surface area contributed by atoms with Crippen LogP contribution in [0.4, 0.5) is 0 Å². The molecule has 0 amide bonds. The highest BCUT2D eigenvalue weighted by atomic mass is 16.1. The monoisotopic (exact) mass is 203 g/mol. The van der Waals surface area contributed by atoms with Crippen LogP contribution in [0.5, 0.6) is 0 Å². The van der Waals surface area contributed by atoms with Crippen molar-refractivity contribution < 1.29 is 0 Å². The fourth-order valence-electron chi connectivity index (χ4n) is 2.40. The molecule has 0 atom stereocenters. The van der Waals surface area contributed by atoms with E-state index in [9.17, 15) is 4.79 Å². The number of nitrogens with one attached hydrogen (secondary N) is 1. The van der Waals surface area contributed by atoms with Crippen LogP contribution in [-0.4, -0.2) is 14.8 Å². The van der Waals surface area contributed by atoms with Crippen LogP contribution in [0.1, 0.15) is 24.1 Å². The van der Waals surface area contributed by atoms with E-state index in [0.717, 1.165) is 36.0 Å². The molecule has 15 heavy (non-hydrogen) atoms. The van der Waals surface area contributed by atoms with Crippen molar-refractivity contribution in [2.24, 2.45) is 7.05 Å². The van der Waals surface area contributed by atoms with Gasteiger partial charge in [-0.15, -0.1) is 0 Å². The van der Waals surface area contributed by atoms with Gasteiger partial charge in [0.15, 0.2) is 0 Å². The maximum atomic E-state index is 12.2. The van der Waals surface area contributed by atoms with Crippen molar-refractivity contribution in [1.29, 1.82) is 0 Å². The fraction of sp³-hybridized carbons (Fsp3) is 0.455. The summed E-state index contributed by atoms with van der Waals surface area (Å²) in [5.41, 5.74) is 3.82. The first-order valence-electron chi connectivity index (χ1n) is 5.33. The number of aromatic amines is 1. The number of hydrogen-bond acceptors (Lipinski definition) is 2. The van der Waals surface area contributed by atoms with Gasteiger partial charge in [0.25, 0.3) is 0 Å². The van der Waals surface area contributed by atoms with E-state index in [1.54, 1.807) is 10.9 Å². The largest absolute Gasteiger partial charge is 0.355 e. The smallest absolute Gasteiger partial charge is 0.210 e. The molecule has 0 saturated heterocycles. The lowest BCUT2D eigenvalue weighted by Crippen LogP contribution is -2.19. The number of pyridine rings is 1. The molecule has 0 unspecified atom stereocenters. The number of aryl methyl sites for hydroxylation is 2. The third kappa shape index (κ3) is 1.14. The zero-order valence-corrected chi connectivity index (χ0v) is 8.71. The standard InChI is InChI=1S/C11H13N3O/c1-14-10-9(6-12-14)13-8-5-3-2-4-7(8)11(10)15/h6H,2-5H2,1H3,(H,13,15). The molecule has 3 rings (SSSR count). The molecule has 0 spiro atoms. The molecule has 0 bridgehead atoms. The van der Waals surface area contributed by atoms with E-state index in [4.69, 9.17) is 0 Å². The van der Waals surface area contributed by atoms with Gasteiger partial charge in [0.2, 0.25) is 5.43 Å². The molecule has 2 aromatic rings. The minimum atomic E-state index is 0.165. The van der Waals surface area contributed by atoms with E-state index in [1.807, 2.05) is 7.05 Å². The Morgan fingerprint density at radius 2 is 2.20 bits per heavy atom. The molecule has 0 fully saturated rings. The first-order chi connectivity index (χ1) is 7.27. The van der Waals surface area contributed by atoms with Crippen molar-refractivity contribution in [3.05, 3.63) is 27.7 Å². The molecule has 4 heteroatoms. The molecular formula is C11H13N3O. The van der Waals surface area contributed by atoms with Crippen molar-refractivity contribution in [2.45, 2.75) is 25.7 Å². The molecule has 4 nitrogen and oxygen atoms in total. The molecular weight excluding hydrogens is 190 g/mol. The first kappa shape index (κ1) is 8.71. The third-order valence-electron chi connectivity index (χ3n) is 3.18. The Hall–Kier alpha value is -1.58. The highest BCUT2D eigenvalue weighted by molar-refractivity contribution is 5.75. The number of aromatic nitrogens is 3. The zero-order valence-electron chi connectivity index (χ0n) is 8.71. The Bertz CT molecular complexity index is 579. The SMILES string of the molecule is Cn1ncc2[nH]c3c(c(=O)c21)CCCC3. The van der Waals surface area contributed by atoms with Gasteiger partial charge in [0.05, 0.1) is 11.7 Å². The molecule has 0 saturated carbocycles. The first-order valence-corrected chi connectivity index (χ1v) is 5.33. The maximum Gasteiger partial charge on any atom is 0.210 e. The Morgan fingerprint density at radius 1 is 1.40 bits per heavy atom. The summed E-state index contributed by atoms with van der Waals surface area (Å²) >= 11 is 0. The quantitative estimate of drug-likeness (QED) is 0.698. The van der Waals surface area contributed by atoms with Crippen LogP contribution in [0.25, 0.3) is 11.0 Å². The van der Waals surface area contributed by atoms with E-state index in [-0.39, 0.29) is 5.43 Å². The minimum Gasteiger partial charge on any atom is -0.355 e. The summed E-state index contributed by atoms with van der Waals surface area (Å²) in [7, 11) is 1.81. The number of nitrogens with zero attached hydrogens (tertiary/aromatic N) is 2. The number of H-pyrrole nitrogens is 1. The highest BCUT2D eigenvalue weighted by Crippen LogP contribution is 2.19. The summed E-state index contributed by atoms with van der Waals surface area (Å²) in [4.78, 5) is 15.5. The van der Waals surface area contributed by atoms with E-state index < -0.39 is 0 Å². The van der Waals surface area contributed by atoms with Gasteiger partial charge in [-0.3, -0.25) is 9.48 Å². The van der Waals surface area contributed by atoms with E-state index in [2.05, 4.69) is 10.1 Å². The van der Waals surface area contributed by atoms with E-state index >= 15 is 0 Å². The summed E-state index contributed by atoms with van der Waals surface area (Å²) in [6.07, 6.45) is 5.93. The normalized spacial score (nSPS) is 15.5. The Balaban J connectivity index is 2.44. The van der Waals surface area contributed by atoms with Gasteiger partial charge in [-0.25, -0.2) is 0 Å². The summed E-state index contributed by atoms with van der Waals surface area (Å²) in [5, 5.41) is 4.11. The molecule has 0 radical (unpaired) electrons. The van der Waals surface area contributed by atoms with E-state index in [1.165, 1.54) is 6.42 Å². The lowest BCUT2D eigenvalue weighted by atomic mass is 9.95. The fourth-order valence-corrected chi connectivity index (χ4v) is 2.40. The van der Waals surface area contributed by atoms with Crippen LogP contribution in [0.2, 0.25) is 0 Å². The topological polar surface area (TPSA) is 50.7 Å². The number of hydrogen-bond donors (Lipinski definition) is 1. The average Bonchev–Trinajstić information content (AvgIpc) is 2.61. The molecule has 1 aliphatic carbocycles. The van der Waals surface area contributed by atoms with Gasteiger partial charge in [0.1, 0.15) is 5.52 Å². The van der Waals surface area contributed by atoms with Crippen LogP contribution in [0, 0.1) is 0 Å². The summed E-state index contributed by atoms with van der Waals surface area (Å²) in [5.74, 6) is 0. The molecule has 78 valence electrons. The maximum absolute atomic E-state index is 12.2. The van der Waals surface area contributed by atoms with Crippen LogP contribution in [0.3, 0.4) is 0 Å². The van der Waals surface area contributed by atoms with Crippen molar-refractivity contribution in [1.82, 2.24) is 14.8 Å². The van der Waals surface area contributed by atoms with Crippen molar-refractivity contribution in [2.75, 3.05) is 0 Å². The Morgan fingerprint density at radius 3 is 3.07 bits per heavy atom. The molecule has 2 aromatic heterocycles. The van der Waals surface area contributed by atoms with Gasteiger partial charge in [-0.1, -0.05) is 0 Å². The molecule has 0 aromatic carbocycles. The lowest BCUT2D eigenvalue weighted by Gasteiger charge is -2.14. The third-order valence-corrected chi connectivity index (χ3v) is 3.18. The predicted octanol–water partition coefficient (Wildman–Crippen LogP) is 1.14. The van der Waals surface area contributed by atoms with Gasteiger partial charge in [0, 0.05) is 18.3 Å². The summed E-state index contributed by atoms with van der Waals surface area (Å²) < 4.78 is 1.66. The second-order valence-corrected chi connectivity index (χ2v) is 4.15. The highest BCUT2D eigenvalue weighted by Gasteiger charge is 2.17. The van der Waals surface area contributed by atoms with Crippen LogP contribution < -0.4 is 5.43 Å². The number of rotatable bonds is 0. The van der Waals surface area contributed by atoms with Crippen molar-refractivity contribution >= 4 is 11.0 Å². The van der Waals surface area contributed by atoms with Gasteiger partial charge in [-0.2, -0.15) is 5.10 Å². The molecule has 0 aliphatic heterocycles. The average molecular weight is 203 g/mol. The lowest BCUT2D eigenvalue weighted by molar-refractivity contribution is 0.666. The molecule has 1 aliphatic rings. The summed E-state index contributed by atoms with van der Waals surface area (Å²) in [6, 6.07) is 0. The predicted molar refractivity (Wildman–Crippen MR) is 58.0 cm³/mol. The van der Waals surface area contributed by atoms with Crippen molar-refractivity contribution in [3.63, 3.8) is 0 Å². The number of fused-ring (bicyclic) bond motifs is 2. The van der Waals surface area contributed by atoms with Crippen LogP contribution in [-0.2, 0) is 19.9 Å². The van der Waals surface area contributed by atoms with Crippen LogP contribution >= 0.6 is 0 Å². The molecule has 2 heterocycles. The van der Waals surface area contributed by atoms with Crippen molar-refractivity contribution in [3.8, 4) is 0 Å². The Kier molecular flexibility index (Phi) is 1.71. The van der Waals surface area contributed by atoms with E-state index in [0.29, 0.717) is 5.52 Å². The zero-order chi connectivity index (χ0) is 10.4. The second kappa shape index (κ2) is 2.95. The van der Waals surface area contributed by atoms with Gasteiger partial charge < -0.3 is 4.98 Å². The van der Waals surface area contributed by atoms with Gasteiger partial charge in [-0.05, 0) is 25.7 Å². The van der Waals surface area contributed by atoms with Crippen LogP contribution in [0.15, 0.2) is 11.0 Å². The minimum absolute atomic E-state index is 0.165.